The Morgan fingerprint density at radius 3 is 2.61 bits per heavy atom. The van der Waals surface area contributed by atoms with E-state index in [1.165, 1.54) is 12.0 Å². The van der Waals surface area contributed by atoms with Crippen molar-refractivity contribution < 1.29 is 5.11 Å². The van der Waals surface area contributed by atoms with Gasteiger partial charge in [0.05, 0.1) is 5.60 Å². The van der Waals surface area contributed by atoms with Crippen molar-refractivity contribution in [2.75, 3.05) is 6.54 Å². The Kier molecular flexibility index (Phi) is 2.76. The standard InChI is InChI=1S/C16H23NO/c1-12-7-10-16(18,15(11-17)8-4-9-15)14-6-3-2-5-13(12)14/h2-3,5-6,12,18H,4,7-11,17H2,1H3. The molecule has 2 aliphatic carbocycles. The lowest BCUT2D eigenvalue weighted by Gasteiger charge is -2.55. The molecule has 0 aliphatic heterocycles. The summed E-state index contributed by atoms with van der Waals surface area (Å²) in [7, 11) is 0. The molecular formula is C16H23NO. The van der Waals surface area contributed by atoms with Crippen LogP contribution in [0.15, 0.2) is 24.3 Å². The Balaban J connectivity index is 2.11. The van der Waals surface area contributed by atoms with Crippen LogP contribution in [0.4, 0.5) is 0 Å². The van der Waals surface area contributed by atoms with E-state index < -0.39 is 5.60 Å². The molecule has 1 aromatic carbocycles. The molecule has 0 spiro atoms. The van der Waals surface area contributed by atoms with Gasteiger partial charge in [-0.05, 0) is 42.7 Å². The smallest absolute Gasteiger partial charge is 0.0967 e. The molecule has 0 bridgehead atoms. The van der Waals surface area contributed by atoms with Crippen LogP contribution in [0.5, 0.6) is 0 Å². The topological polar surface area (TPSA) is 46.2 Å². The first kappa shape index (κ1) is 12.2. The molecule has 2 nitrogen and oxygen atoms in total. The number of hydrogen-bond acceptors (Lipinski definition) is 2. The third kappa shape index (κ3) is 1.42. The molecule has 98 valence electrons. The SMILES string of the molecule is CC1CCC(O)(C2(CN)CCC2)c2ccccc21. The van der Waals surface area contributed by atoms with Crippen molar-refractivity contribution >= 4 is 0 Å². The van der Waals surface area contributed by atoms with E-state index in [2.05, 4.69) is 25.1 Å². The summed E-state index contributed by atoms with van der Waals surface area (Å²) in [5.41, 5.74) is 7.73. The number of aliphatic hydroxyl groups is 1. The fraction of sp³-hybridized carbons (Fsp3) is 0.625. The number of benzene rings is 1. The van der Waals surface area contributed by atoms with Gasteiger partial charge in [-0.15, -0.1) is 0 Å². The second-order valence-corrected chi connectivity index (χ2v) is 6.23. The van der Waals surface area contributed by atoms with Crippen LogP contribution in [0.3, 0.4) is 0 Å². The summed E-state index contributed by atoms with van der Waals surface area (Å²) in [6, 6.07) is 8.41. The number of nitrogens with two attached hydrogens (primary N) is 1. The van der Waals surface area contributed by atoms with Gasteiger partial charge >= 0.3 is 0 Å². The van der Waals surface area contributed by atoms with Gasteiger partial charge in [0.2, 0.25) is 0 Å². The summed E-state index contributed by atoms with van der Waals surface area (Å²) in [5, 5.41) is 11.3. The predicted octanol–water partition coefficient (Wildman–Crippen LogP) is 2.90. The minimum atomic E-state index is -0.691. The summed E-state index contributed by atoms with van der Waals surface area (Å²) in [6.07, 6.45) is 5.28. The first-order valence-corrected chi connectivity index (χ1v) is 7.15. The van der Waals surface area contributed by atoms with E-state index in [1.54, 1.807) is 0 Å². The monoisotopic (exact) mass is 245 g/mol. The number of rotatable bonds is 2. The third-order valence-electron chi connectivity index (χ3n) is 5.46. The molecule has 2 aliphatic rings. The lowest BCUT2D eigenvalue weighted by atomic mass is 9.53. The van der Waals surface area contributed by atoms with Crippen LogP contribution in [0.2, 0.25) is 0 Å². The normalized spacial score (nSPS) is 33.6. The van der Waals surface area contributed by atoms with Crippen LogP contribution in [0.1, 0.15) is 56.1 Å². The van der Waals surface area contributed by atoms with Crippen LogP contribution < -0.4 is 5.73 Å². The van der Waals surface area contributed by atoms with Crippen molar-refractivity contribution in [1.82, 2.24) is 0 Å². The van der Waals surface area contributed by atoms with E-state index in [9.17, 15) is 5.11 Å². The molecule has 0 heterocycles. The molecule has 18 heavy (non-hydrogen) atoms. The minimum Gasteiger partial charge on any atom is -0.385 e. The van der Waals surface area contributed by atoms with E-state index in [1.807, 2.05) is 6.07 Å². The highest BCUT2D eigenvalue weighted by Gasteiger charge is 2.55. The highest BCUT2D eigenvalue weighted by molar-refractivity contribution is 5.39. The molecular weight excluding hydrogens is 222 g/mol. The molecule has 2 unspecified atom stereocenters. The minimum absolute atomic E-state index is 0.0662. The van der Waals surface area contributed by atoms with Crippen LogP contribution >= 0.6 is 0 Å². The average molecular weight is 245 g/mol. The van der Waals surface area contributed by atoms with Crippen molar-refractivity contribution in [2.45, 2.75) is 50.5 Å². The molecule has 2 atom stereocenters. The Labute approximate surface area is 109 Å². The molecule has 0 radical (unpaired) electrons. The molecule has 3 rings (SSSR count). The largest absolute Gasteiger partial charge is 0.385 e. The van der Waals surface area contributed by atoms with Gasteiger partial charge < -0.3 is 10.8 Å². The van der Waals surface area contributed by atoms with E-state index in [4.69, 9.17) is 5.73 Å². The molecule has 0 amide bonds. The van der Waals surface area contributed by atoms with Crippen molar-refractivity contribution in [2.24, 2.45) is 11.1 Å². The Hall–Kier alpha value is -0.860. The van der Waals surface area contributed by atoms with Crippen molar-refractivity contribution in [3.63, 3.8) is 0 Å². The van der Waals surface area contributed by atoms with Gasteiger partial charge in [-0.1, -0.05) is 37.6 Å². The molecule has 1 aromatic rings. The molecule has 3 N–H and O–H groups in total. The maximum atomic E-state index is 11.3. The van der Waals surface area contributed by atoms with E-state index in [0.29, 0.717) is 12.5 Å². The number of hydrogen-bond donors (Lipinski definition) is 2. The fourth-order valence-corrected chi connectivity index (χ4v) is 3.96. The summed E-state index contributed by atoms with van der Waals surface area (Å²) in [4.78, 5) is 0. The fourth-order valence-electron chi connectivity index (χ4n) is 3.96. The van der Waals surface area contributed by atoms with E-state index >= 15 is 0 Å². The maximum absolute atomic E-state index is 11.3. The van der Waals surface area contributed by atoms with Gasteiger partial charge in [0.1, 0.15) is 0 Å². The summed E-state index contributed by atoms with van der Waals surface area (Å²) in [5.74, 6) is 0.552. The first-order valence-electron chi connectivity index (χ1n) is 7.15. The van der Waals surface area contributed by atoms with E-state index in [-0.39, 0.29) is 5.41 Å². The summed E-state index contributed by atoms with van der Waals surface area (Å²) < 4.78 is 0. The van der Waals surface area contributed by atoms with E-state index in [0.717, 1.165) is 31.2 Å². The second-order valence-electron chi connectivity index (χ2n) is 6.23. The van der Waals surface area contributed by atoms with Gasteiger partial charge in [-0.3, -0.25) is 0 Å². The summed E-state index contributed by atoms with van der Waals surface area (Å²) >= 11 is 0. The molecule has 2 heteroatoms. The van der Waals surface area contributed by atoms with Crippen LogP contribution in [0, 0.1) is 5.41 Å². The van der Waals surface area contributed by atoms with Gasteiger partial charge in [0.25, 0.3) is 0 Å². The predicted molar refractivity (Wildman–Crippen MR) is 73.3 cm³/mol. The van der Waals surface area contributed by atoms with Gasteiger partial charge in [-0.25, -0.2) is 0 Å². The van der Waals surface area contributed by atoms with Gasteiger partial charge in [0.15, 0.2) is 0 Å². The zero-order valence-electron chi connectivity index (χ0n) is 11.2. The van der Waals surface area contributed by atoms with Crippen LogP contribution in [0.25, 0.3) is 0 Å². The van der Waals surface area contributed by atoms with Gasteiger partial charge in [0, 0.05) is 12.0 Å². The molecule has 1 saturated carbocycles. The average Bonchev–Trinajstić information content (AvgIpc) is 2.34. The lowest BCUT2D eigenvalue weighted by Crippen LogP contribution is -2.56. The lowest BCUT2D eigenvalue weighted by molar-refractivity contribution is -0.141. The van der Waals surface area contributed by atoms with Crippen molar-refractivity contribution in [3.05, 3.63) is 35.4 Å². The van der Waals surface area contributed by atoms with Crippen molar-refractivity contribution in [1.29, 1.82) is 0 Å². The molecule has 0 saturated heterocycles. The zero-order valence-corrected chi connectivity index (χ0v) is 11.2. The van der Waals surface area contributed by atoms with Crippen LogP contribution in [-0.4, -0.2) is 11.7 Å². The van der Waals surface area contributed by atoms with Gasteiger partial charge in [-0.2, -0.15) is 0 Å². The quantitative estimate of drug-likeness (QED) is 0.841. The van der Waals surface area contributed by atoms with Crippen molar-refractivity contribution in [3.8, 4) is 0 Å². The Morgan fingerprint density at radius 2 is 2.00 bits per heavy atom. The first-order chi connectivity index (χ1) is 8.63. The zero-order chi connectivity index (χ0) is 12.8. The third-order valence-corrected chi connectivity index (χ3v) is 5.46. The maximum Gasteiger partial charge on any atom is 0.0967 e. The molecule has 1 fully saturated rings. The van der Waals surface area contributed by atoms with Crippen LogP contribution in [-0.2, 0) is 5.60 Å². The highest BCUT2D eigenvalue weighted by atomic mass is 16.3. The number of fused-ring (bicyclic) bond motifs is 1. The highest BCUT2D eigenvalue weighted by Crippen LogP contribution is 2.58. The Bertz CT molecular complexity index is 447. The summed E-state index contributed by atoms with van der Waals surface area (Å²) in [6.45, 7) is 2.86. The second kappa shape index (κ2) is 4.07. The molecule has 0 aromatic heterocycles. The Morgan fingerprint density at radius 1 is 1.28 bits per heavy atom.